The van der Waals surface area contributed by atoms with Crippen molar-refractivity contribution in [2.45, 2.75) is 24.8 Å². The van der Waals surface area contributed by atoms with Gasteiger partial charge in [-0.25, -0.2) is 0 Å². The number of aromatic nitrogens is 1. The standard InChI is InChI=1S/C20H25ClN4O/c1-22-19(24-14-18-7-2-3-10-23-18)25-15-20(8-11-26-12-9-20)16-5-4-6-17(21)13-16/h2-7,10,13H,8-9,11-12,14-15H2,1H3,(H2,22,24,25). The number of guanidine groups is 1. The molecule has 0 spiro atoms. The van der Waals surface area contributed by atoms with Gasteiger partial charge in [0, 0.05) is 43.4 Å². The summed E-state index contributed by atoms with van der Waals surface area (Å²) in [5.74, 6) is 0.767. The summed E-state index contributed by atoms with van der Waals surface area (Å²) in [6.45, 7) is 2.93. The summed E-state index contributed by atoms with van der Waals surface area (Å²) in [5, 5.41) is 7.57. The SMILES string of the molecule is CN=C(NCc1ccccn1)NCC1(c2cccc(Cl)c2)CCOCC1. The van der Waals surface area contributed by atoms with Crippen molar-refractivity contribution in [2.24, 2.45) is 4.99 Å². The van der Waals surface area contributed by atoms with E-state index >= 15 is 0 Å². The number of halogens is 1. The molecule has 2 aromatic rings. The number of aliphatic imine (C=N–C) groups is 1. The van der Waals surface area contributed by atoms with Crippen LogP contribution >= 0.6 is 11.6 Å². The number of hydrogen-bond donors (Lipinski definition) is 2. The van der Waals surface area contributed by atoms with Crippen LogP contribution in [-0.2, 0) is 16.7 Å². The smallest absolute Gasteiger partial charge is 0.191 e. The normalized spacial score (nSPS) is 16.9. The van der Waals surface area contributed by atoms with Crippen LogP contribution in [0.2, 0.25) is 5.02 Å². The van der Waals surface area contributed by atoms with Crippen molar-refractivity contribution in [3.63, 3.8) is 0 Å². The molecule has 0 unspecified atom stereocenters. The van der Waals surface area contributed by atoms with Crippen LogP contribution in [0.3, 0.4) is 0 Å². The summed E-state index contributed by atoms with van der Waals surface area (Å²) in [6, 6.07) is 14.0. The molecular weight excluding hydrogens is 348 g/mol. The molecule has 6 heteroatoms. The molecule has 0 amide bonds. The van der Waals surface area contributed by atoms with Gasteiger partial charge in [0.2, 0.25) is 0 Å². The molecule has 1 aromatic heterocycles. The number of hydrogen-bond acceptors (Lipinski definition) is 3. The first-order valence-corrected chi connectivity index (χ1v) is 9.28. The van der Waals surface area contributed by atoms with Crippen molar-refractivity contribution in [3.8, 4) is 0 Å². The Kier molecular flexibility index (Phi) is 6.47. The Hall–Kier alpha value is -2.11. The molecule has 1 aliphatic rings. The fourth-order valence-corrected chi connectivity index (χ4v) is 3.49. The fourth-order valence-electron chi connectivity index (χ4n) is 3.30. The lowest BCUT2D eigenvalue weighted by atomic mass is 9.74. The Bertz CT molecular complexity index is 730. The van der Waals surface area contributed by atoms with Crippen LogP contribution in [0, 0.1) is 0 Å². The van der Waals surface area contributed by atoms with Crippen molar-refractivity contribution in [2.75, 3.05) is 26.8 Å². The molecule has 2 heterocycles. The molecule has 0 atom stereocenters. The van der Waals surface area contributed by atoms with Gasteiger partial charge in [0.05, 0.1) is 12.2 Å². The highest BCUT2D eigenvalue weighted by atomic mass is 35.5. The second kappa shape index (κ2) is 9.01. The Labute approximate surface area is 159 Å². The number of pyridine rings is 1. The average Bonchev–Trinajstić information content (AvgIpc) is 2.69. The van der Waals surface area contributed by atoms with Crippen LogP contribution in [0.5, 0.6) is 0 Å². The van der Waals surface area contributed by atoms with Crippen molar-refractivity contribution in [3.05, 3.63) is 64.9 Å². The second-order valence-electron chi connectivity index (χ2n) is 6.50. The minimum atomic E-state index is -0.00817. The number of nitrogens with zero attached hydrogens (tertiary/aromatic N) is 2. The molecule has 1 saturated heterocycles. The van der Waals surface area contributed by atoms with E-state index in [1.807, 2.05) is 30.3 Å². The number of ether oxygens (including phenoxy) is 1. The zero-order valence-electron chi connectivity index (χ0n) is 15.0. The minimum absolute atomic E-state index is 0.00817. The zero-order valence-corrected chi connectivity index (χ0v) is 15.8. The summed E-state index contributed by atoms with van der Waals surface area (Å²) in [5.41, 5.74) is 2.22. The van der Waals surface area contributed by atoms with Gasteiger partial charge >= 0.3 is 0 Å². The molecule has 0 aliphatic carbocycles. The van der Waals surface area contributed by atoms with Crippen LogP contribution in [0.1, 0.15) is 24.1 Å². The fraction of sp³-hybridized carbons (Fsp3) is 0.400. The van der Waals surface area contributed by atoms with E-state index in [0.717, 1.165) is 49.3 Å². The topological polar surface area (TPSA) is 58.5 Å². The van der Waals surface area contributed by atoms with Crippen molar-refractivity contribution in [1.82, 2.24) is 15.6 Å². The number of benzene rings is 1. The molecule has 0 bridgehead atoms. The summed E-state index contributed by atoms with van der Waals surface area (Å²) >= 11 is 6.24. The van der Waals surface area contributed by atoms with Crippen molar-refractivity contribution >= 4 is 17.6 Å². The zero-order chi connectivity index (χ0) is 18.2. The van der Waals surface area contributed by atoms with Gasteiger partial charge < -0.3 is 15.4 Å². The molecule has 3 rings (SSSR count). The van der Waals surface area contributed by atoms with Crippen LogP contribution < -0.4 is 10.6 Å². The number of rotatable bonds is 5. The lowest BCUT2D eigenvalue weighted by molar-refractivity contribution is 0.0514. The van der Waals surface area contributed by atoms with Gasteiger partial charge in [0.15, 0.2) is 5.96 Å². The first kappa shape index (κ1) is 18.7. The van der Waals surface area contributed by atoms with Gasteiger partial charge in [-0.2, -0.15) is 0 Å². The maximum atomic E-state index is 6.24. The summed E-state index contributed by atoms with van der Waals surface area (Å²) < 4.78 is 5.60. The highest BCUT2D eigenvalue weighted by molar-refractivity contribution is 6.30. The molecule has 138 valence electrons. The molecule has 2 N–H and O–H groups in total. The lowest BCUT2D eigenvalue weighted by Gasteiger charge is -2.38. The second-order valence-corrected chi connectivity index (χ2v) is 6.94. The third-order valence-corrected chi connectivity index (χ3v) is 5.10. The Balaban J connectivity index is 1.67. The van der Waals surface area contributed by atoms with Crippen molar-refractivity contribution in [1.29, 1.82) is 0 Å². The molecular formula is C20H25ClN4O. The van der Waals surface area contributed by atoms with E-state index in [1.54, 1.807) is 13.2 Å². The Morgan fingerprint density at radius 2 is 2.04 bits per heavy atom. The summed E-state index contributed by atoms with van der Waals surface area (Å²) in [6.07, 6.45) is 3.71. The van der Waals surface area contributed by atoms with Crippen LogP contribution in [0.25, 0.3) is 0 Å². The van der Waals surface area contributed by atoms with E-state index < -0.39 is 0 Å². The Morgan fingerprint density at radius 1 is 1.19 bits per heavy atom. The van der Waals surface area contributed by atoms with E-state index in [0.29, 0.717) is 6.54 Å². The van der Waals surface area contributed by atoms with E-state index in [9.17, 15) is 0 Å². The third-order valence-electron chi connectivity index (χ3n) is 4.87. The molecule has 0 saturated carbocycles. The number of nitrogens with one attached hydrogen (secondary N) is 2. The van der Waals surface area contributed by atoms with Gasteiger partial charge in [-0.1, -0.05) is 29.8 Å². The first-order valence-electron chi connectivity index (χ1n) is 8.90. The molecule has 1 aliphatic heterocycles. The molecule has 0 radical (unpaired) electrons. The van der Waals surface area contributed by atoms with Gasteiger partial charge in [0.25, 0.3) is 0 Å². The molecule has 26 heavy (non-hydrogen) atoms. The Morgan fingerprint density at radius 3 is 2.73 bits per heavy atom. The van der Waals surface area contributed by atoms with Gasteiger partial charge in [-0.15, -0.1) is 0 Å². The molecule has 5 nitrogen and oxygen atoms in total. The highest BCUT2D eigenvalue weighted by Crippen LogP contribution is 2.35. The first-order chi connectivity index (χ1) is 12.7. The van der Waals surface area contributed by atoms with Gasteiger partial charge in [-0.05, 0) is 42.7 Å². The summed E-state index contributed by atoms with van der Waals surface area (Å²) in [7, 11) is 1.78. The van der Waals surface area contributed by atoms with Crippen LogP contribution in [-0.4, -0.2) is 37.7 Å². The third kappa shape index (κ3) is 4.74. The predicted molar refractivity (Wildman–Crippen MR) is 106 cm³/mol. The van der Waals surface area contributed by atoms with Gasteiger partial charge in [0.1, 0.15) is 0 Å². The van der Waals surface area contributed by atoms with E-state index in [-0.39, 0.29) is 5.41 Å². The largest absolute Gasteiger partial charge is 0.381 e. The van der Waals surface area contributed by atoms with Crippen LogP contribution in [0.4, 0.5) is 0 Å². The van der Waals surface area contributed by atoms with Crippen molar-refractivity contribution < 1.29 is 4.74 Å². The van der Waals surface area contributed by atoms with Crippen LogP contribution in [0.15, 0.2) is 53.7 Å². The minimum Gasteiger partial charge on any atom is -0.381 e. The average molecular weight is 373 g/mol. The maximum Gasteiger partial charge on any atom is 0.191 e. The molecule has 1 fully saturated rings. The van der Waals surface area contributed by atoms with E-state index in [4.69, 9.17) is 16.3 Å². The predicted octanol–water partition coefficient (Wildman–Crippen LogP) is 3.15. The highest BCUT2D eigenvalue weighted by Gasteiger charge is 2.34. The van der Waals surface area contributed by atoms with E-state index in [1.165, 1.54) is 5.56 Å². The quantitative estimate of drug-likeness (QED) is 0.625. The summed E-state index contributed by atoms with van der Waals surface area (Å²) in [4.78, 5) is 8.67. The lowest BCUT2D eigenvalue weighted by Crippen LogP contribution is -2.48. The van der Waals surface area contributed by atoms with E-state index in [2.05, 4.69) is 32.7 Å². The maximum absolute atomic E-state index is 6.24. The molecule has 1 aromatic carbocycles. The van der Waals surface area contributed by atoms with Gasteiger partial charge in [-0.3, -0.25) is 9.98 Å². The monoisotopic (exact) mass is 372 g/mol.